The molecule has 63 valence electrons. The Kier molecular flexibility index (Phi) is 4.26. The minimum absolute atomic E-state index is 0.0125. The lowest BCUT2D eigenvalue weighted by atomic mass is 10.0. The van der Waals surface area contributed by atoms with E-state index < -0.39 is 11.9 Å². The fourth-order valence-corrected chi connectivity index (χ4v) is 0.677. The van der Waals surface area contributed by atoms with Crippen molar-refractivity contribution in [3.63, 3.8) is 0 Å². The Labute approximate surface area is 64.8 Å². The zero-order chi connectivity index (χ0) is 8.85. The molecule has 4 heteroatoms. The first kappa shape index (κ1) is 9.94. The Morgan fingerprint density at radius 1 is 1.27 bits per heavy atom. The van der Waals surface area contributed by atoms with Crippen molar-refractivity contribution in [2.24, 2.45) is 5.92 Å². The van der Waals surface area contributed by atoms with Gasteiger partial charge in [-0.15, -0.1) is 0 Å². The normalized spacial score (nSPS) is 12.5. The van der Waals surface area contributed by atoms with Gasteiger partial charge in [0, 0.05) is 12.8 Å². The number of hydrogen-bond donors (Lipinski definition) is 2. The van der Waals surface area contributed by atoms with Gasteiger partial charge in [-0.2, -0.15) is 0 Å². The minimum atomic E-state index is -0.935. The van der Waals surface area contributed by atoms with E-state index in [4.69, 9.17) is 10.2 Å². The van der Waals surface area contributed by atoms with Gasteiger partial charge in [0.2, 0.25) is 0 Å². The average Bonchev–Trinajstić information content (AvgIpc) is 1.82. The molecule has 0 saturated carbocycles. The number of aliphatic carboxylic acids is 2. The van der Waals surface area contributed by atoms with Gasteiger partial charge < -0.3 is 10.2 Å². The topological polar surface area (TPSA) is 74.6 Å². The number of rotatable bonds is 5. The fourth-order valence-electron chi connectivity index (χ4n) is 0.677. The maximum Gasteiger partial charge on any atom is 0.303 e. The third-order valence-electron chi connectivity index (χ3n) is 1.23. The highest BCUT2D eigenvalue weighted by molar-refractivity contribution is 5.68. The Morgan fingerprint density at radius 3 is 2.18 bits per heavy atom. The second-order valence-corrected chi connectivity index (χ2v) is 2.40. The van der Waals surface area contributed by atoms with E-state index in [1.165, 1.54) is 0 Å². The molecule has 11 heavy (non-hydrogen) atoms. The smallest absolute Gasteiger partial charge is 0.303 e. The third kappa shape index (κ3) is 6.83. The van der Waals surface area contributed by atoms with Crippen LogP contribution in [-0.4, -0.2) is 22.2 Å². The van der Waals surface area contributed by atoms with Crippen LogP contribution in [0.4, 0.5) is 0 Å². The predicted molar refractivity (Wildman–Crippen MR) is 38.0 cm³/mol. The first-order valence-corrected chi connectivity index (χ1v) is 3.29. The number of carboxylic acids is 2. The first-order valence-electron chi connectivity index (χ1n) is 3.29. The number of carbonyl (C=O) groups is 2. The Hall–Kier alpha value is -1.06. The molecule has 0 fully saturated rings. The highest BCUT2D eigenvalue weighted by Crippen LogP contribution is 2.08. The maximum atomic E-state index is 10.1. The second-order valence-electron chi connectivity index (χ2n) is 2.40. The lowest BCUT2D eigenvalue weighted by Crippen LogP contribution is -2.06. The largest absolute Gasteiger partial charge is 0.481 e. The van der Waals surface area contributed by atoms with Crippen molar-refractivity contribution >= 4 is 11.9 Å². The van der Waals surface area contributed by atoms with E-state index in [1.54, 1.807) is 0 Å². The highest BCUT2D eigenvalue weighted by atomic mass is 16.4. The molecule has 0 heterocycles. The van der Waals surface area contributed by atoms with Crippen LogP contribution in [0.3, 0.4) is 0 Å². The molecule has 1 radical (unpaired) electrons. The van der Waals surface area contributed by atoms with Crippen LogP contribution >= 0.6 is 0 Å². The molecule has 0 aromatic rings. The van der Waals surface area contributed by atoms with Crippen LogP contribution < -0.4 is 0 Å². The van der Waals surface area contributed by atoms with Gasteiger partial charge >= 0.3 is 11.9 Å². The number of carboxylic acid groups (broad SMARTS) is 2. The van der Waals surface area contributed by atoms with E-state index in [9.17, 15) is 9.59 Å². The quantitative estimate of drug-likeness (QED) is 0.621. The molecule has 1 unspecified atom stereocenters. The van der Waals surface area contributed by atoms with Crippen LogP contribution in [-0.2, 0) is 9.59 Å². The fraction of sp³-hybridized carbons (Fsp3) is 0.571. The van der Waals surface area contributed by atoms with Crippen LogP contribution in [0.2, 0.25) is 0 Å². The summed E-state index contributed by atoms with van der Waals surface area (Å²) in [5.74, 6) is -2.15. The summed E-state index contributed by atoms with van der Waals surface area (Å²) in [4.78, 5) is 20.1. The van der Waals surface area contributed by atoms with Gasteiger partial charge in [-0.1, -0.05) is 0 Å². The van der Waals surface area contributed by atoms with E-state index in [2.05, 4.69) is 6.92 Å². The van der Waals surface area contributed by atoms with Crippen LogP contribution in [0.15, 0.2) is 0 Å². The van der Waals surface area contributed by atoms with Crippen molar-refractivity contribution in [3.05, 3.63) is 6.92 Å². The zero-order valence-corrected chi connectivity index (χ0v) is 6.12. The summed E-state index contributed by atoms with van der Waals surface area (Å²) in [6.45, 7) is 3.51. The molecule has 0 aliphatic heterocycles. The van der Waals surface area contributed by atoms with E-state index in [-0.39, 0.29) is 18.8 Å². The van der Waals surface area contributed by atoms with Gasteiger partial charge in [0.15, 0.2) is 0 Å². The molecule has 0 bridgehead atoms. The number of hydrogen-bond acceptors (Lipinski definition) is 2. The summed E-state index contributed by atoms with van der Waals surface area (Å²) in [6.07, 6.45) is 0.246. The molecule has 0 aliphatic carbocycles. The SMILES string of the molecule is [CH2]C(CCC(=O)O)CC(=O)O. The van der Waals surface area contributed by atoms with Crippen molar-refractivity contribution in [3.8, 4) is 0 Å². The van der Waals surface area contributed by atoms with Crippen molar-refractivity contribution in [1.29, 1.82) is 0 Å². The van der Waals surface area contributed by atoms with Crippen molar-refractivity contribution in [1.82, 2.24) is 0 Å². The summed E-state index contributed by atoms with van der Waals surface area (Å²) < 4.78 is 0. The predicted octanol–water partition coefficient (Wildman–Crippen LogP) is 0.776. The Bertz CT molecular complexity index is 153. The van der Waals surface area contributed by atoms with E-state index in [0.29, 0.717) is 6.42 Å². The molecular formula is C7H11O4. The summed E-state index contributed by atoms with van der Waals surface area (Å²) in [6, 6.07) is 0. The zero-order valence-electron chi connectivity index (χ0n) is 6.12. The highest BCUT2D eigenvalue weighted by Gasteiger charge is 2.08. The second kappa shape index (κ2) is 4.71. The summed E-state index contributed by atoms with van der Waals surface area (Å²) in [7, 11) is 0. The van der Waals surface area contributed by atoms with E-state index >= 15 is 0 Å². The monoisotopic (exact) mass is 159 g/mol. The van der Waals surface area contributed by atoms with Crippen molar-refractivity contribution in [2.45, 2.75) is 19.3 Å². The molecule has 0 aromatic heterocycles. The molecule has 2 N–H and O–H groups in total. The van der Waals surface area contributed by atoms with Gasteiger partial charge in [0.05, 0.1) is 0 Å². The van der Waals surface area contributed by atoms with Crippen LogP contribution in [0, 0.1) is 12.8 Å². The molecule has 0 amide bonds. The molecule has 0 spiro atoms. The molecule has 1 atom stereocenters. The van der Waals surface area contributed by atoms with Crippen molar-refractivity contribution in [2.75, 3.05) is 0 Å². The van der Waals surface area contributed by atoms with Gasteiger partial charge in [-0.05, 0) is 19.3 Å². The molecule has 0 saturated heterocycles. The molecule has 0 aliphatic rings. The molecule has 0 rings (SSSR count). The summed E-state index contributed by atoms with van der Waals surface area (Å²) in [5, 5.41) is 16.5. The lowest BCUT2D eigenvalue weighted by Gasteiger charge is -2.04. The maximum absolute atomic E-state index is 10.1. The minimum Gasteiger partial charge on any atom is -0.481 e. The summed E-state index contributed by atoms with van der Waals surface area (Å²) >= 11 is 0. The van der Waals surface area contributed by atoms with Gasteiger partial charge in [-0.25, -0.2) is 0 Å². The molecule has 4 nitrogen and oxygen atoms in total. The van der Waals surface area contributed by atoms with Gasteiger partial charge in [0.1, 0.15) is 0 Å². The van der Waals surface area contributed by atoms with Crippen LogP contribution in [0.5, 0.6) is 0 Å². The van der Waals surface area contributed by atoms with E-state index in [0.717, 1.165) is 0 Å². The Morgan fingerprint density at radius 2 is 1.82 bits per heavy atom. The standard InChI is InChI=1S/C7H11O4/c1-5(4-7(10)11)2-3-6(8)9/h5H,1-4H2,(H,8,9)(H,10,11). The Balaban J connectivity index is 3.44. The third-order valence-corrected chi connectivity index (χ3v) is 1.23. The van der Waals surface area contributed by atoms with Gasteiger partial charge in [0.25, 0.3) is 0 Å². The summed E-state index contributed by atoms with van der Waals surface area (Å²) in [5.41, 5.74) is 0. The van der Waals surface area contributed by atoms with Gasteiger partial charge in [-0.3, -0.25) is 9.59 Å². The first-order chi connectivity index (χ1) is 5.02. The molecule has 0 aromatic carbocycles. The average molecular weight is 159 g/mol. The van der Waals surface area contributed by atoms with Crippen LogP contribution in [0.1, 0.15) is 19.3 Å². The molecular weight excluding hydrogens is 148 g/mol. The van der Waals surface area contributed by atoms with Crippen LogP contribution in [0.25, 0.3) is 0 Å². The lowest BCUT2D eigenvalue weighted by molar-refractivity contribution is -0.140. The van der Waals surface area contributed by atoms with E-state index in [1.807, 2.05) is 0 Å². The van der Waals surface area contributed by atoms with Crippen molar-refractivity contribution < 1.29 is 19.8 Å².